The average Bonchev–Trinajstić information content (AvgIpc) is 3.05. The molecular weight excluding hydrogens is 377 g/mol. The van der Waals surface area contributed by atoms with Crippen LogP contribution in [-0.4, -0.2) is 35.0 Å². The van der Waals surface area contributed by atoms with Gasteiger partial charge in [0.15, 0.2) is 0 Å². The van der Waals surface area contributed by atoms with E-state index < -0.39 is 29.7 Å². The lowest BCUT2D eigenvalue weighted by Gasteiger charge is -2.14. The van der Waals surface area contributed by atoms with Crippen LogP contribution in [0.2, 0.25) is 0 Å². The fraction of sp³-hybridized carbons (Fsp3) is 0.267. The van der Waals surface area contributed by atoms with Gasteiger partial charge < -0.3 is 20.8 Å². The molecule has 4 N–H and O–H groups in total. The quantitative estimate of drug-likeness (QED) is 0.675. The van der Waals surface area contributed by atoms with Gasteiger partial charge >= 0.3 is 12.1 Å². The number of aromatic nitrogens is 2. The van der Waals surface area contributed by atoms with Crippen molar-refractivity contribution < 1.29 is 27.5 Å². The number of imidazole rings is 1. The number of anilines is 1. The topological polar surface area (TPSA) is 110 Å². The highest BCUT2D eigenvalue weighted by Gasteiger charge is 2.32. The van der Waals surface area contributed by atoms with Crippen LogP contribution in [0.3, 0.4) is 0 Å². The van der Waals surface area contributed by atoms with Gasteiger partial charge in [-0.25, -0.2) is 9.78 Å². The number of nitrogens with two attached hydrogens (primary N) is 1. The number of hydrogen-bond acceptors (Lipinski definition) is 5. The zero-order valence-corrected chi connectivity index (χ0v) is 14.3. The van der Waals surface area contributed by atoms with E-state index in [2.05, 4.69) is 20.0 Å². The van der Waals surface area contributed by atoms with Crippen molar-refractivity contribution in [3.8, 4) is 0 Å². The summed E-state index contributed by atoms with van der Waals surface area (Å²) in [7, 11) is 1.04. The molecule has 0 saturated heterocycles. The molecule has 0 unspecified atom stereocenters. The number of aromatic amines is 1. The van der Waals surface area contributed by atoms with E-state index >= 15 is 0 Å². The van der Waals surface area contributed by atoms with Crippen LogP contribution in [0.25, 0.3) is 0 Å². The first-order valence-electron chi connectivity index (χ1n) is 7.05. The minimum atomic E-state index is -4.69. The number of amides is 1. The highest BCUT2D eigenvalue weighted by Crippen LogP contribution is 2.32. The number of rotatable bonds is 5. The number of hydrogen-bond donors (Lipinski definition) is 3. The van der Waals surface area contributed by atoms with Gasteiger partial charge in [0.25, 0.3) is 0 Å². The number of nitrogens with one attached hydrogen (secondary N) is 2. The molecule has 142 valence electrons. The van der Waals surface area contributed by atoms with Gasteiger partial charge in [0.05, 0.1) is 30.6 Å². The molecule has 26 heavy (non-hydrogen) atoms. The van der Waals surface area contributed by atoms with Gasteiger partial charge in [-0.05, 0) is 18.2 Å². The molecule has 2 rings (SSSR count). The summed E-state index contributed by atoms with van der Waals surface area (Å²) in [5, 5.41) is 2.28. The Balaban J connectivity index is 0.00000338. The van der Waals surface area contributed by atoms with E-state index in [1.54, 1.807) is 0 Å². The Hall–Kier alpha value is -2.59. The molecule has 0 radical (unpaired) electrons. The third kappa shape index (κ3) is 5.46. The van der Waals surface area contributed by atoms with Gasteiger partial charge in [0.1, 0.15) is 0 Å². The molecule has 0 aliphatic carbocycles. The smallest absolute Gasteiger partial charge is 0.416 e. The second kappa shape index (κ2) is 8.68. The number of alkyl halides is 3. The summed E-state index contributed by atoms with van der Waals surface area (Å²) in [6.45, 7) is 0. The maximum absolute atomic E-state index is 13.0. The molecule has 0 bridgehead atoms. The fourth-order valence-electron chi connectivity index (χ4n) is 2.06. The summed E-state index contributed by atoms with van der Waals surface area (Å²) in [6, 6.07) is 1.43. The van der Waals surface area contributed by atoms with Crippen molar-refractivity contribution >= 4 is 30.0 Å². The maximum Gasteiger partial charge on any atom is 0.416 e. The Morgan fingerprint density at radius 3 is 2.58 bits per heavy atom. The predicted octanol–water partition coefficient (Wildman–Crippen LogP) is 2.15. The molecule has 1 heterocycles. The van der Waals surface area contributed by atoms with Crippen LogP contribution in [0.5, 0.6) is 0 Å². The van der Waals surface area contributed by atoms with E-state index in [9.17, 15) is 22.8 Å². The van der Waals surface area contributed by atoms with Crippen LogP contribution >= 0.6 is 12.4 Å². The molecule has 1 aromatic carbocycles. The first kappa shape index (κ1) is 21.5. The maximum atomic E-state index is 13.0. The molecule has 1 aromatic heterocycles. The SMILES string of the molecule is COC(=O)c1cc(NC(=O)[C@@H](N)Cc2cnc[nH]2)cc(C(F)(F)F)c1.Cl. The fourth-order valence-corrected chi connectivity index (χ4v) is 2.06. The van der Waals surface area contributed by atoms with E-state index in [0.29, 0.717) is 17.8 Å². The van der Waals surface area contributed by atoms with Crippen LogP contribution in [-0.2, 0) is 22.1 Å². The summed E-state index contributed by atoms with van der Waals surface area (Å²) in [5.41, 5.74) is 4.69. The van der Waals surface area contributed by atoms with E-state index in [1.165, 1.54) is 12.5 Å². The highest BCUT2D eigenvalue weighted by atomic mass is 35.5. The summed E-state index contributed by atoms with van der Waals surface area (Å²) < 4.78 is 43.3. The van der Waals surface area contributed by atoms with Crippen LogP contribution in [0.4, 0.5) is 18.9 Å². The number of nitrogens with zero attached hydrogens (tertiary/aromatic N) is 1. The molecule has 2 aromatic rings. The van der Waals surface area contributed by atoms with Crippen molar-refractivity contribution in [1.29, 1.82) is 0 Å². The lowest BCUT2D eigenvalue weighted by Crippen LogP contribution is -2.37. The Morgan fingerprint density at radius 2 is 2.04 bits per heavy atom. The minimum absolute atomic E-state index is 0. The number of esters is 1. The van der Waals surface area contributed by atoms with Gasteiger partial charge in [-0.2, -0.15) is 13.2 Å². The Morgan fingerprint density at radius 1 is 1.35 bits per heavy atom. The van der Waals surface area contributed by atoms with E-state index in [-0.39, 0.29) is 30.1 Å². The van der Waals surface area contributed by atoms with Crippen molar-refractivity contribution in [2.75, 3.05) is 12.4 Å². The second-order valence-electron chi connectivity index (χ2n) is 5.17. The molecule has 0 aliphatic heterocycles. The van der Waals surface area contributed by atoms with Gasteiger partial charge in [-0.1, -0.05) is 0 Å². The van der Waals surface area contributed by atoms with Crippen LogP contribution in [0.1, 0.15) is 21.6 Å². The van der Waals surface area contributed by atoms with Crippen molar-refractivity contribution in [3.05, 3.63) is 47.5 Å². The molecule has 11 heteroatoms. The number of carbonyl (C=O) groups excluding carboxylic acids is 2. The molecule has 0 fully saturated rings. The number of ether oxygens (including phenoxy) is 1. The molecule has 0 aliphatic rings. The normalized spacial score (nSPS) is 12.0. The Labute approximate surface area is 152 Å². The Bertz CT molecular complexity index is 766. The third-order valence-electron chi connectivity index (χ3n) is 3.28. The molecule has 1 amide bonds. The van der Waals surface area contributed by atoms with Crippen LogP contribution in [0, 0.1) is 0 Å². The number of H-pyrrole nitrogens is 1. The number of benzene rings is 1. The number of methoxy groups -OCH3 is 1. The zero-order chi connectivity index (χ0) is 18.6. The first-order chi connectivity index (χ1) is 11.7. The molecule has 0 saturated carbocycles. The van der Waals surface area contributed by atoms with Gasteiger partial charge in [0.2, 0.25) is 5.91 Å². The van der Waals surface area contributed by atoms with Crippen molar-refractivity contribution in [2.45, 2.75) is 18.6 Å². The molecule has 0 spiro atoms. The van der Waals surface area contributed by atoms with E-state index in [0.717, 1.165) is 13.2 Å². The van der Waals surface area contributed by atoms with E-state index in [4.69, 9.17) is 5.73 Å². The second-order valence-corrected chi connectivity index (χ2v) is 5.17. The van der Waals surface area contributed by atoms with Gasteiger partial charge in [-0.15, -0.1) is 12.4 Å². The van der Waals surface area contributed by atoms with E-state index in [1.807, 2.05) is 0 Å². The highest BCUT2D eigenvalue weighted by molar-refractivity contribution is 5.97. The lowest BCUT2D eigenvalue weighted by molar-refractivity contribution is -0.137. The van der Waals surface area contributed by atoms with Gasteiger partial charge in [0, 0.05) is 24.0 Å². The largest absolute Gasteiger partial charge is 0.465 e. The number of carbonyl (C=O) groups is 2. The standard InChI is InChI=1S/C15H15F3N4O3.ClH/c1-25-14(24)8-2-9(15(16,17)18)4-10(3-8)22-13(23)12(19)5-11-6-20-7-21-11;/h2-4,6-7,12H,5,19H2,1H3,(H,20,21)(H,22,23);1H/t12-;/m0./s1. The predicted molar refractivity (Wildman–Crippen MR) is 88.9 cm³/mol. The van der Waals surface area contributed by atoms with Crippen molar-refractivity contribution in [3.63, 3.8) is 0 Å². The summed E-state index contributed by atoms with van der Waals surface area (Å²) in [5.74, 6) is -1.66. The number of halogens is 4. The first-order valence-corrected chi connectivity index (χ1v) is 7.05. The summed E-state index contributed by atoms with van der Waals surface area (Å²) in [6.07, 6.45) is -1.68. The lowest BCUT2D eigenvalue weighted by atomic mass is 10.1. The summed E-state index contributed by atoms with van der Waals surface area (Å²) >= 11 is 0. The summed E-state index contributed by atoms with van der Waals surface area (Å²) in [4.78, 5) is 30.2. The van der Waals surface area contributed by atoms with Crippen molar-refractivity contribution in [2.24, 2.45) is 5.73 Å². The molecular formula is C15H16ClF3N4O3. The monoisotopic (exact) mass is 392 g/mol. The van der Waals surface area contributed by atoms with Gasteiger partial charge in [-0.3, -0.25) is 4.79 Å². The van der Waals surface area contributed by atoms with Crippen molar-refractivity contribution in [1.82, 2.24) is 9.97 Å². The average molecular weight is 393 g/mol. The molecule has 7 nitrogen and oxygen atoms in total. The van der Waals surface area contributed by atoms with Crippen LogP contribution < -0.4 is 11.1 Å². The third-order valence-corrected chi connectivity index (χ3v) is 3.28. The zero-order valence-electron chi connectivity index (χ0n) is 13.5. The molecule has 1 atom stereocenters. The minimum Gasteiger partial charge on any atom is -0.465 e. The van der Waals surface area contributed by atoms with Crippen LogP contribution in [0.15, 0.2) is 30.7 Å². The Kier molecular flexibility index (Phi) is 7.16.